The third-order valence-electron chi connectivity index (χ3n) is 3.75. The molecule has 1 aliphatic rings. The highest BCUT2D eigenvalue weighted by Gasteiger charge is 2.40. The summed E-state index contributed by atoms with van der Waals surface area (Å²) in [7, 11) is 4.44. The van der Waals surface area contributed by atoms with Gasteiger partial charge in [-0.3, -0.25) is 4.90 Å². The highest BCUT2D eigenvalue weighted by molar-refractivity contribution is 4.96. The van der Waals surface area contributed by atoms with Gasteiger partial charge in [0.05, 0.1) is 0 Å². The van der Waals surface area contributed by atoms with Gasteiger partial charge >= 0.3 is 0 Å². The Morgan fingerprint density at radius 2 is 1.77 bits per heavy atom. The van der Waals surface area contributed by atoms with Crippen LogP contribution in [0.15, 0.2) is 0 Å². The van der Waals surface area contributed by atoms with Crippen molar-refractivity contribution in [3.8, 4) is 0 Å². The lowest BCUT2D eigenvalue weighted by molar-refractivity contribution is -0.0177. The van der Waals surface area contributed by atoms with Crippen LogP contribution in [-0.2, 0) is 0 Å². The van der Waals surface area contributed by atoms with E-state index in [0.717, 1.165) is 5.92 Å². The monoisotopic (exact) mass is 184 g/mol. The molecule has 0 N–H and O–H groups in total. The van der Waals surface area contributed by atoms with Crippen molar-refractivity contribution in [2.24, 2.45) is 5.92 Å². The van der Waals surface area contributed by atoms with E-state index in [9.17, 15) is 0 Å². The molecule has 0 aromatic heterocycles. The zero-order valence-electron chi connectivity index (χ0n) is 9.96. The standard InChI is InChI=1S/C11H24N2/c1-9(2)13(6)11(3,4)10-7-12(5)8-10/h9-10H,7-8H2,1-6H3. The van der Waals surface area contributed by atoms with Gasteiger partial charge < -0.3 is 4.90 Å². The molecule has 0 saturated carbocycles. The van der Waals surface area contributed by atoms with Gasteiger partial charge in [0.15, 0.2) is 0 Å². The van der Waals surface area contributed by atoms with Crippen molar-refractivity contribution in [3.05, 3.63) is 0 Å². The molecule has 78 valence electrons. The molecule has 0 unspecified atom stereocenters. The Morgan fingerprint density at radius 3 is 2.08 bits per heavy atom. The maximum atomic E-state index is 2.49. The van der Waals surface area contributed by atoms with Crippen LogP contribution in [0.1, 0.15) is 27.7 Å². The van der Waals surface area contributed by atoms with Gasteiger partial charge in [-0.15, -0.1) is 0 Å². The van der Waals surface area contributed by atoms with E-state index in [2.05, 4.69) is 51.6 Å². The minimum atomic E-state index is 0.348. The molecule has 13 heavy (non-hydrogen) atoms. The summed E-state index contributed by atoms with van der Waals surface area (Å²) < 4.78 is 0. The Morgan fingerprint density at radius 1 is 1.31 bits per heavy atom. The summed E-state index contributed by atoms with van der Waals surface area (Å²) in [5, 5.41) is 0. The molecule has 0 aromatic carbocycles. The minimum absolute atomic E-state index is 0.348. The fourth-order valence-corrected chi connectivity index (χ4v) is 2.10. The van der Waals surface area contributed by atoms with Crippen LogP contribution in [0.2, 0.25) is 0 Å². The van der Waals surface area contributed by atoms with Crippen LogP contribution in [0.4, 0.5) is 0 Å². The van der Waals surface area contributed by atoms with Crippen LogP contribution >= 0.6 is 0 Å². The number of likely N-dealkylation sites (tertiary alicyclic amines) is 1. The molecule has 0 aromatic rings. The van der Waals surface area contributed by atoms with E-state index in [-0.39, 0.29) is 0 Å². The predicted octanol–water partition coefficient (Wildman–Crippen LogP) is 1.67. The molecular formula is C11H24N2. The third-order valence-corrected chi connectivity index (χ3v) is 3.75. The molecule has 2 heteroatoms. The van der Waals surface area contributed by atoms with Crippen molar-refractivity contribution in [2.75, 3.05) is 27.2 Å². The second-order valence-electron chi connectivity index (χ2n) is 5.28. The van der Waals surface area contributed by atoms with Gasteiger partial charge in [-0.2, -0.15) is 0 Å². The largest absolute Gasteiger partial charge is 0.306 e. The third kappa shape index (κ3) is 2.05. The first kappa shape index (κ1) is 11.0. The molecule has 1 heterocycles. The fraction of sp³-hybridized carbons (Fsp3) is 1.00. The lowest BCUT2D eigenvalue weighted by Crippen LogP contribution is -2.61. The van der Waals surface area contributed by atoms with Crippen LogP contribution in [-0.4, -0.2) is 48.6 Å². The predicted molar refractivity (Wildman–Crippen MR) is 58.0 cm³/mol. The molecule has 0 radical (unpaired) electrons. The van der Waals surface area contributed by atoms with E-state index in [1.54, 1.807) is 0 Å². The van der Waals surface area contributed by atoms with Gasteiger partial charge in [0.2, 0.25) is 0 Å². The molecule has 2 nitrogen and oxygen atoms in total. The Balaban J connectivity index is 2.55. The zero-order valence-corrected chi connectivity index (χ0v) is 9.96. The van der Waals surface area contributed by atoms with E-state index in [4.69, 9.17) is 0 Å². The van der Waals surface area contributed by atoms with Gasteiger partial charge in [0, 0.05) is 30.6 Å². The molecule has 0 atom stereocenters. The van der Waals surface area contributed by atoms with E-state index >= 15 is 0 Å². The second-order valence-corrected chi connectivity index (χ2v) is 5.28. The molecule has 0 bridgehead atoms. The summed E-state index contributed by atoms with van der Waals surface area (Å²) in [6, 6.07) is 0.640. The average Bonchev–Trinajstić information content (AvgIpc) is 1.96. The molecular weight excluding hydrogens is 160 g/mol. The van der Waals surface area contributed by atoms with Crippen LogP contribution in [0, 0.1) is 5.92 Å². The lowest BCUT2D eigenvalue weighted by atomic mass is 9.80. The van der Waals surface area contributed by atoms with E-state index in [0.29, 0.717) is 11.6 Å². The van der Waals surface area contributed by atoms with Crippen molar-refractivity contribution < 1.29 is 0 Å². The number of hydrogen-bond acceptors (Lipinski definition) is 2. The van der Waals surface area contributed by atoms with Crippen molar-refractivity contribution in [1.29, 1.82) is 0 Å². The van der Waals surface area contributed by atoms with Gasteiger partial charge in [0.25, 0.3) is 0 Å². The number of rotatable bonds is 3. The SMILES string of the molecule is CC(C)N(C)C(C)(C)C1CN(C)C1. The maximum absolute atomic E-state index is 2.49. The number of nitrogens with zero attached hydrogens (tertiary/aromatic N) is 2. The van der Waals surface area contributed by atoms with Crippen LogP contribution in [0.5, 0.6) is 0 Å². The topological polar surface area (TPSA) is 6.48 Å². The molecule has 1 aliphatic heterocycles. The zero-order chi connectivity index (χ0) is 10.2. The molecule has 1 saturated heterocycles. The summed E-state index contributed by atoms with van der Waals surface area (Å²) in [6.07, 6.45) is 0. The highest BCUT2D eigenvalue weighted by atomic mass is 15.2. The van der Waals surface area contributed by atoms with Crippen molar-refractivity contribution >= 4 is 0 Å². The first-order valence-corrected chi connectivity index (χ1v) is 5.27. The first-order chi connectivity index (χ1) is 5.85. The summed E-state index contributed by atoms with van der Waals surface area (Å²) in [5.41, 5.74) is 0.348. The minimum Gasteiger partial charge on any atom is -0.306 e. The van der Waals surface area contributed by atoms with E-state index in [1.807, 2.05) is 0 Å². The van der Waals surface area contributed by atoms with Crippen LogP contribution in [0.3, 0.4) is 0 Å². The molecule has 0 aliphatic carbocycles. The Bertz CT molecular complexity index is 169. The fourth-order valence-electron chi connectivity index (χ4n) is 2.10. The molecule has 1 rings (SSSR count). The van der Waals surface area contributed by atoms with Crippen molar-refractivity contribution in [3.63, 3.8) is 0 Å². The van der Waals surface area contributed by atoms with Gasteiger partial charge in [-0.1, -0.05) is 0 Å². The highest BCUT2D eigenvalue weighted by Crippen LogP contribution is 2.31. The van der Waals surface area contributed by atoms with Crippen molar-refractivity contribution in [1.82, 2.24) is 9.80 Å². The lowest BCUT2D eigenvalue weighted by Gasteiger charge is -2.51. The second kappa shape index (κ2) is 3.58. The van der Waals surface area contributed by atoms with Gasteiger partial charge in [0.1, 0.15) is 0 Å². The van der Waals surface area contributed by atoms with Crippen LogP contribution < -0.4 is 0 Å². The van der Waals surface area contributed by atoms with E-state index < -0.39 is 0 Å². The normalized spacial score (nSPS) is 21.2. The molecule has 0 amide bonds. The van der Waals surface area contributed by atoms with Crippen molar-refractivity contribution in [2.45, 2.75) is 39.3 Å². The van der Waals surface area contributed by atoms with Gasteiger partial charge in [-0.25, -0.2) is 0 Å². The molecule has 0 spiro atoms. The maximum Gasteiger partial charge on any atom is 0.0205 e. The Kier molecular flexibility index (Phi) is 3.03. The summed E-state index contributed by atoms with van der Waals surface area (Å²) in [4.78, 5) is 4.88. The quantitative estimate of drug-likeness (QED) is 0.658. The Hall–Kier alpha value is -0.0800. The summed E-state index contributed by atoms with van der Waals surface area (Å²) in [5.74, 6) is 0.838. The number of hydrogen-bond donors (Lipinski definition) is 0. The average molecular weight is 184 g/mol. The first-order valence-electron chi connectivity index (χ1n) is 5.27. The van der Waals surface area contributed by atoms with Crippen LogP contribution in [0.25, 0.3) is 0 Å². The Labute approximate surface area is 82.9 Å². The van der Waals surface area contributed by atoms with E-state index in [1.165, 1.54) is 13.1 Å². The smallest absolute Gasteiger partial charge is 0.0205 e. The summed E-state index contributed by atoms with van der Waals surface area (Å²) >= 11 is 0. The summed E-state index contributed by atoms with van der Waals surface area (Å²) in [6.45, 7) is 11.8. The molecule has 1 fully saturated rings. The van der Waals surface area contributed by atoms with Gasteiger partial charge in [-0.05, 0) is 41.8 Å².